The van der Waals surface area contributed by atoms with E-state index in [0.717, 1.165) is 0 Å². The first-order chi connectivity index (χ1) is 9.69. The van der Waals surface area contributed by atoms with Crippen molar-refractivity contribution in [2.45, 2.75) is 25.3 Å². The van der Waals surface area contributed by atoms with Crippen LogP contribution in [-0.2, 0) is 9.53 Å². The number of hydrogen-bond donors (Lipinski definition) is 1. The molecule has 1 aromatic carbocycles. The lowest BCUT2D eigenvalue weighted by Crippen LogP contribution is -2.39. The van der Waals surface area contributed by atoms with Gasteiger partial charge in [-0.3, -0.25) is 4.79 Å². The Morgan fingerprint density at radius 3 is 2.75 bits per heavy atom. The molecule has 0 heterocycles. The van der Waals surface area contributed by atoms with Crippen molar-refractivity contribution >= 4 is 5.97 Å². The third-order valence-corrected chi connectivity index (χ3v) is 3.11. The zero-order valence-corrected chi connectivity index (χ0v) is 11.8. The summed E-state index contributed by atoms with van der Waals surface area (Å²) < 4.78 is 4.80. The summed E-state index contributed by atoms with van der Waals surface area (Å²) in [5, 5.41) is 6.50. The van der Waals surface area contributed by atoms with E-state index in [1.807, 2.05) is 30.3 Å². The van der Waals surface area contributed by atoms with Crippen molar-refractivity contribution in [1.82, 2.24) is 5.32 Å². The molecular weight excluding hydrogens is 256 g/mol. The molecule has 1 rings (SSSR count). The van der Waals surface area contributed by atoms with Crippen LogP contribution in [0.15, 0.2) is 35.4 Å². The number of methoxy groups -OCH3 is 1. The van der Waals surface area contributed by atoms with E-state index in [4.69, 9.17) is 10.3 Å². The lowest BCUT2D eigenvalue weighted by atomic mass is 9.94. The number of esters is 1. The molecule has 1 aromatic rings. The molecule has 0 aliphatic heterocycles. The second-order valence-electron chi connectivity index (χ2n) is 4.53. The van der Waals surface area contributed by atoms with Gasteiger partial charge in [-0.1, -0.05) is 42.4 Å². The van der Waals surface area contributed by atoms with E-state index in [2.05, 4.69) is 22.3 Å². The topological polar surface area (TPSA) is 87.1 Å². The standard InChI is InChI=1S/C14H20N4O2/c1-11(12-6-4-3-5-7-12)10-13(14(19)20-2)16-8-9-17-18-15/h3-7,11,13,16H,8-10H2,1-2H3. The van der Waals surface area contributed by atoms with Gasteiger partial charge < -0.3 is 10.1 Å². The Bertz CT molecular complexity index is 458. The number of ether oxygens (including phenoxy) is 1. The molecule has 0 aromatic heterocycles. The van der Waals surface area contributed by atoms with Gasteiger partial charge in [0.1, 0.15) is 6.04 Å². The average molecular weight is 276 g/mol. The maximum Gasteiger partial charge on any atom is 0.322 e. The summed E-state index contributed by atoms with van der Waals surface area (Å²) in [6, 6.07) is 9.61. The van der Waals surface area contributed by atoms with Crippen LogP contribution in [0.5, 0.6) is 0 Å². The van der Waals surface area contributed by atoms with E-state index in [9.17, 15) is 4.79 Å². The molecule has 2 atom stereocenters. The number of nitrogens with zero attached hydrogens (tertiary/aromatic N) is 3. The molecule has 20 heavy (non-hydrogen) atoms. The zero-order valence-electron chi connectivity index (χ0n) is 11.8. The summed E-state index contributed by atoms with van der Waals surface area (Å²) in [6.45, 7) is 2.83. The van der Waals surface area contributed by atoms with E-state index in [1.165, 1.54) is 12.7 Å². The van der Waals surface area contributed by atoms with Crippen LogP contribution < -0.4 is 5.32 Å². The second-order valence-corrected chi connectivity index (χ2v) is 4.53. The first kappa shape index (κ1) is 16.0. The Kier molecular flexibility index (Phi) is 7.17. The number of nitrogens with one attached hydrogen (secondary N) is 1. The number of carbonyl (C=O) groups excluding carboxylic acids is 1. The van der Waals surface area contributed by atoms with E-state index < -0.39 is 6.04 Å². The van der Waals surface area contributed by atoms with Gasteiger partial charge in [0.25, 0.3) is 0 Å². The molecular formula is C14H20N4O2. The van der Waals surface area contributed by atoms with Crippen molar-refractivity contribution in [3.05, 3.63) is 46.3 Å². The summed E-state index contributed by atoms with van der Waals surface area (Å²) >= 11 is 0. The van der Waals surface area contributed by atoms with Gasteiger partial charge in [0.15, 0.2) is 0 Å². The molecule has 0 radical (unpaired) electrons. The Balaban J connectivity index is 2.59. The van der Waals surface area contributed by atoms with Gasteiger partial charge >= 0.3 is 5.97 Å². The van der Waals surface area contributed by atoms with Gasteiger partial charge in [-0.25, -0.2) is 0 Å². The SMILES string of the molecule is COC(=O)C(CC(C)c1ccccc1)NCCN=[N+]=[N-]. The minimum absolute atomic E-state index is 0.229. The van der Waals surface area contributed by atoms with Gasteiger partial charge in [-0.15, -0.1) is 0 Å². The first-order valence-electron chi connectivity index (χ1n) is 6.56. The first-order valence-corrected chi connectivity index (χ1v) is 6.56. The van der Waals surface area contributed by atoms with Crippen LogP contribution in [0, 0.1) is 0 Å². The average Bonchev–Trinajstić information content (AvgIpc) is 2.50. The van der Waals surface area contributed by atoms with Crippen LogP contribution in [0.4, 0.5) is 0 Å². The van der Waals surface area contributed by atoms with Crippen molar-refractivity contribution in [3.63, 3.8) is 0 Å². The lowest BCUT2D eigenvalue weighted by Gasteiger charge is -2.20. The molecule has 2 unspecified atom stereocenters. The smallest absolute Gasteiger partial charge is 0.322 e. The number of hydrogen-bond acceptors (Lipinski definition) is 4. The lowest BCUT2D eigenvalue weighted by molar-refractivity contribution is -0.143. The van der Waals surface area contributed by atoms with Crippen LogP contribution in [0.1, 0.15) is 24.8 Å². The largest absolute Gasteiger partial charge is 0.468 e. The van der Waals surface area contributed by atoms with Crippen molar-refractivity contribution in [2.75, 3.05) is 20.2 Å². The van der Waals surface area contributed by atoms with Gasteiger partial charge in [-0.2, -0.15) is 0 Å². The number of benzene rings is 1. The fraction of sp³-hybridized carbons (Fsp3) is 0.500. The Morgan fingerprint density at radius 2 is 2.15 bits per heavy atom. The molecule has 1 N–H and O–H groups in total. The van der Waals surface area contributed by atoms with E-state index in [-0.39, 0.29) is 11.9 Å². The summed E-state index contributed by atoms with van der Waals surface area (Å²) in [5.41, 5.74) is 9.40. The molecule has 108 valence electrons. The van der Waals surface area contributed by atoms with Gasteiger partial charge in [0.05, 0.1) is 7.11 Å². The normalized spacial score (nSPS) is 13.1. The molecule has 0 amide bonds. The summed E-state index contributed by atoms with van der Waals surface area (Å²) in [5.74, 6) is -0.0685. The van der Waals surface area contributed by atoms with E-state index in [0.29, 0.717) is 19.5 Å². The predicted molar refractivity (Wildman–Crippen MR) is 77.3 cm³/mol. The fourth-order valence-electron chi connectivity index (χ4n) is 2.01. The van der Waals surface area contributed by atoms with Gasteiger partial charge in [0.2, 0.25) is 0 Å². The van der Waals surface area contributed by atoms with Crippen molar-refractivity contribution in [1.29, 1.82) is 0 Å². The summed E-state index contributed by atoms with van der Waals surface area (Å²) in [4.78, 5) is 14.4. The minimum Gasteiger partial charge on any atom is -0.468 e. The second kappa shape index (κ2) is 8.96. The minimum atomic E-state index is -0.399. The Hall–Kier alpha value is -2.04. The van der Waals surface area contributed by atoms with Crippen LogP contribution in [0.25, 0.3) is 10.4 Å². The summed E-state index contributed by atoms with van der Waals surface area (Å²) in [6.07, 6.45) is 0.632. The molecule has 6 nitrogen and oxygen atoms in total. The van der Waals surface area contributed by atoms with E-state index >= 15 is 0 Å². The molecule has 0 spiro atoms. The number of rotatable bonds is 8. The third kappa shape index (κ3) is 5.30. The number of azide groups is 1. The van der Waals surface area contributed by atoms with Crippen LogP contribution in [0.2, 0.25) is 0 Å². The molecule has 6 heteroatoms. The highest BCUT2D eigenvalue weighted by molar-refractivity contribution is 5.75. The summed E-state index contributed by atoms with van der Waals surface area (Å²) in [7, 11) is 1.37. The molecule has 0 saturated heterocycles. The van der Waals surface area contributed by atoms with Crippen LogP contribution in [0.3, 0.4) is 0 Å². The quantitative estimate of drug-likeness (QED) is 0.260. The van der Waals surface area contributed by atoms with Crippen molar-refractivity contribution in [2.24, 2.45) is 5.11 Å². The zero-order chi connectivity index (χ0) is 14.8. The van der Waals surface area contributed by atoms with Gasteiger partial charge in [-0.05, 0) is 23.4 Å². The highest BCUT2D eigenvalue weighted by Gasteiger charge is 2.21. The maximum atomic E-state index is 11.8. The molecule has 0 saturated carbocycles. The Morgan fingerprint density at radius 1 is 1.45 bits per heavy atom. The predicted octanol–water partition coefficient (Wildman–Crippen LogP) is 2.62. The van der Waals surface area contributed by atoms with Crippen LogP contribution in [-0.4, -0.2) is 32.2 Å². The molecule has 0 bridgehead atoms. The van der Waals surface area contributed by atoms with Crippen molar-refractivity contribution < 1.29 is 9.53 Å². The monoisotopic (exact) mass is 276 g/mol. The molecule has 0 aliphatic carbocycles. The highest BCUT2D eigenvalue weighted by Crippen LogP contribution is 2.20. The fourth-order valence-corrected chi connectivity index (χ4v) is 2.01. The molecule has 0 aliphatic rings. The third-order valence-electron chi connectivity index (χ3n) is 3.11. The highest BCUT2D eigenvalue weighted by atomic mass is 16.5. The van der Waals surface area contributed by atoms with Crippen molar-refractivity contribution in [3.8, 4) is 0 Å². The molecule has 0 fully saturated rings. The maximum absolute atomic E-state index is 11.8. The Labute approximate surface area is 118 Å². The van der Waals surface area contributed by atoms with E-state index in [1.54, 1.807) is 0 Å². The van der Waals surface area contributed by atoms with Crippen LogP contribution >= 0.6 is 0 Å². The number of carbonyl (C=O) groups is 1. The van der Waals surface area contributed by atoms with Gasteiger partial charge in [0, 0.05) is 18.0 Å².